The Balaban J connectivity index is 2.04. The van der Waals surface area contributed by atoms with Crippen LogP contribution in [0.2, 0.25) is 5.02 Å². The van der Waals surface area contributed by atoms with E-state index < -0.39 is 0 Å². The van der Waals surface area contributed by atoms with Gasteiger partial charge >= 0.3 is 6.01 Å². The fourth-order valence-electron chi connectivity index (χ4n) is 1.54. The average Bonchev–Trinajstić information content (AvgIpc) is 2.77. The van der Waals surface area contributed by atoms with Crippen LogP contribution in [0.25, 0.3) is 0 Å². The first-order valence-electron chi connectivity index (χ1n) is 5.59. The van der Waals surface area contributed by atoms with Gasteiger partial charge in [0.05, 0.1) is 6.04 Å². The van der Waals surface area contributed by atoms with E-state index in [0.29, 0.717) is 29.2 Å². The molecule has 1 atom stereocenters. The highest BCUT2D eigenvalue weighted by Gasteiger charge is 2.10. The maximum Gasteiger partial charge on any atom is 0.315 e. The van der Waals surface area contributed by atoms with Gasteiger partial charge in [-0.1, -0.05) is 28.8 Å². The monoisotopic (exact) mass is 285 g/mol. The molecule has 0 radical (unpaired) electrons. The highest BCUT2D eigenvalue weighted by molar-refractivity contribution is 6.30. The number of aryl methyl sites for hydroxylation is 1. The van der Waals surface area contributed by atoms with Gasteiger partial charge in [0, 0.05) is 17.3 Å². The Hall–Kier alpha value is -1.26. The van der Waals surface area contributed by atoms with Crippen molar-refractivity contribution in [3.05, 3.63) is 40.7 Å². The van der Waals surface area contributed by atoms with Gasteiger partial charge < -0.3 is 9.73 Å². The van der Waals surface area contributed by atoms with Crippen molar-refractivity contribution in [1.82, 2.24) is 10.2 Å². The number of benzene rings is 1. The summed E-state index contributed by atoms with van der Waals surface area (Å²) in [4.78, 5) is 0. The minimum absolute atomic E-state index is 0.0352. The molecule has 1 N–H and O–H groups in total. The summed E-state index contributed by atoms with van der Waals surface area (Å²) in [5, 5.41) is 11.6. The summed E-state index contributed by atoms with van der Waals surface area (Å²) < 4.78 is 5.40. The van der Waals surface area contributed by atoms with Crippen LogP contribution in [-0.4, -0.2) is 16.1 Å². The number of nitrogens with zero attached hydrogens (tertiary/aromatic N) is 2. The first kappa shape index (κ1) is 13.2. The van der Waals surface area contributed by atoms with Crippen LogP contribution in [-0.2, 0) is 6.42 Å². The number of halogens is 2. The Morgan fingerprint density at radius 2 is 2.22 bits per heavy atom. The maximum absolute atomic E-state index is 5.94. The van der Waals surface area contributed by atoms with Crippen LogP contribution in [0.15, 0.2) is 28.7 Å². The Morgan fingerprint density at radius 1 is 1.39 bits per heavy atom. The molecule has 0 saturated carbocycles. The predicted octanol–water partition coefficient (Wildman–Crippen LogP) is 3.68. The summed E-state index contributed by atoms with van der Waals surface area (Å²) in [6.07, 6.45) is 0.571. The second-order valence-corrected chi connectivity index (χ2v) is 4.68. The predicted molar refractivity (Wildman–Crippen MR) is 72.2 cm³/mol. The molecule has 2 aromatic rings. The van der Waals surface area contributed by atoms with E-state index in [0.717, 1.165) is 5.56 Å². The summed E-state index contributed by atoms with van der Waals surface area (Å²) in [6, 6.07) is 8.05. The second-order valence-electron chi connectivity index (χ2n) is 3.86. The molecular formula is C12H13Cl2N3O. The SMILES string of the molecule is CC(Nc1nnc(CCCl)o1)c1cccc(Cl)c1. The van der Waals surface area contributed by atoms with Crippen LogP contribution in [0.5, 0.6) is 0 Å². The summed E-state index contributed by atoms with van der Waals surface area (Å²) in [5.41, 5.74) is 1.06. The van der Waals surface area contributed by atoms with Gasteiger partial charge in [0.2, 0.25) is 5.89 Å². The van der Waals surface area contributed by atoms with Crippen molar-refractivity contribution >= 4 is 29.2 Å². The zero-order valence-corrected chi connectivity index (χ0v) is 11.4. The molecule has 0 aliphatic carbocycles. The number of hydrogen-bond acceptors (Lipinski definition) is 4. The maximum atomic E-state index is 5.94. The molecular weight excluding hydrogens is 273 g/mol. The van der Waals surface area contributed by atoms with E-state index in [1.54, 1.807) is 0 Å². The van der Waals surface area contributed by atoms with Gasteiger partial charge in [0.25, 0.3) is 0 Å². The van der Waals surface area contributed by atoms with Gasteiger partial charge in [-0.15, -0.1) is 16.7 Å². The van der Waals surface area contributed by atoms with Crippen molar-refractivity contribution in [1.29, 1.82) is 0 Å². The standard InChI is InChI=1S/C12H13Cl2N3O/c1-8(9-3-2-4-10(14)7-9)15-12-17-16-11(18-12)5-6-13/h2-4,7-8H,5-6H2,1H3,(H,15,17). The third-order valence-corrected chi connectivity index (χ3v) is 2.89. The zero-order chi connectivity index (χ0) is 13.0. The summed E-state index contributed by atoms with van der Waals surface area (Å²) in [5.74, 6) is 0.997. The molecule has 0 fully saturated rings. The Labute approximate surface area is 115 Å². The molecule has 0 saturated heterocycles. The fourth-order valence-corrected chi connectivity index (χ4v) is 1.90. The van der Waals surface area contributed by atoms with Gasteiger partial charge in [-0.05, 0) is 24.6 Å². The van der Waals surface area contributed by atoms with E-state index in [9.17, 15) is 0 Å². The molecule has 1 heterocycles. The molecule has 0 aliphatic heterocycles. The van der Waals surface area contributed by atoms with E-state index in [4.69, 9.17) is 27.6 Å². The number of nitrogens with one attached hydrogen (secondary N) is 1. The van der Waals surface area contributed by atoms with Gasteiger partial charge in [0.15, 0.2) is 0 Å². The number of aromatic nitrogens is 2. The van der Waals surface area contributed by atoms with E-state index in [-0.39, 0.29) is 6.04 Å². The molecule has 1 unspecified atom stereocenters. The molecule has 0 amide bonds. The molecule has 18 heavy (non-hydrogen) atoms. The third-order valence-electron chi connectivity index (χ3n) is 2.46. The molecule has 6 heteroatoms. The quantitative estimate of drug-likeness (QED) is 0.852. The van der Waals surface area contributed by atoms with Crippen LogP contribution >= 0.6 is 23.2 Å². The van der Waals surface area contributed by atoms with Crippen molar-refractivity contribution in [2.24, 2.45) is 0 Å². The number of alkyl halides is 1. The van der Waals surface area contributed by atoms with E-state index in [1.807, 2.05) is 31.2 Å². The third kappa shape index (κ3) is 3.37. The zero-order valence-electron chi connectivity index (χ0n) is 9.86. The molecule has 2 rings (SSSR count). The minimum atomic E-state index is 0.0352. The van der Waals surface area contributed by atoms with Crippen molar-refractivity contribution in [2.45, 2.75) is 19.4 Å². The lowest BCUT2D eigenvalue weighted by atomic mass is 10.1. The van der Waals surface area contributed by atoms with E-state index in [2.05, 4.69) is 15.5 Å². The van der Waals surface area contributed by atoms with Gasteiger partial charge in [-0.2, -0.15) is 0 Å². The Kier molecular flexibility index (Phi) is 4.44. The first-order chi connectivity index (χ1) is 8.69. The number of anilines is 1. The largest absolute Gasteiger partial charge is 0.408 e. The fraction of sp³-hybridized carbons (Fsp3) is 0.333. The van der Waals surface area contributed by atoms with Crippen LogP contribution in [0, 0.1) is 0 Å². The normalized spacial score (nSPS) is 12.4. The summed E-state index contributed by atoms with van der Waals surface area (Å²) in [7, 11) is 0. The van der Waals surface area contributed by atoms with Gasteiger partial charge in [-0.3, -0.25) is 0 Å². The highest BCUT2D eigenvalue weighted by Crippen LogP contribution is 2.21. The summed E-state index contributed by atoms with van der Waals surface area (Å²) >= 11 is 11.5. The lowest BCUT2D eigenvalue weighted by Crippen LogP contribution is -2.06. The topological polar surface area (TPSA) is 51.0 Å². The smallest absolute Gasteiger partial charge is 0.315 e. The lowest BCUT2D eigenvalue weighted by Gasteiger charge is -2.12. The van der Waals surface area contributed by atoms with E-state index >= 15 is 0 Å². The summed E-state index contributed by atoms with van der Waals surface area (Å²) in [6.45, 7) is 2.00. The first-order valence-corrected chi connectivity index (χ1v) is 6.50. The van der Waals surface area contributed by atoms with Crippen LogP contribution in [0.3, 0.4) is 0 Å². The molecule has 4 nitrogen and oxygen atoms in total. The lowest BCUT2D eigenvalue weighted by molar-refractivity contribution is 0.508. The second kappa shape index (κ2) is 6.07. The number of rotatable bonds is 5. The van der Waals surface area contributed by atoms with Crippen molar-refractivity contribution in [2.75, 3.05) is 11.2 Å². The molecule has 96 valence electrons. The van der Waals surface area contributed by atoms with Crippen molar-refractivity contribution < 1.29 is 4.42 Å². The van der Waals surface area contributed by atoms with E-state index in [1.165, 1.54) is 0 Å². The molecule has 0 spiro atoms. The highest BCUT2D eigenvalue weighted by atomic mass is 35.5. The van der Waals surface area contributed by atoms with Crippen molar-refractivity contribution in [3.8, 4) is 0 Å². The van der Waals surface area contributed by atoms with Gasteiger partial charge in [0.1, 0.15) is 0 Å². The van der Waals surface area contributed by atoms with Crippen molar-refractivity contribution in [3.63, 3.8) is 0 Å². The Morgan fingerprint density at radius 3 is 2.94 bits per heavy atom. The molecule has 0 bridgehead atoms. The average molecular weight is 286 g/mol. The van der Waals surface area contributed by atoms with Gasteiger partial charge in [-0.25, -0.2) is 0 Å². The minimum Gasteiger partial charge on any atom is -0.408 e. The van der Waals surface area contributed by atoms with Crippen LogP contribution < -0.4 is 5.32 Å². The molecule has 0 aliphatic rings. The molecule has 1 aromatic carbocycles. The molecule has 1 aromatic heterocycles. The van der Waals surface area contributed by atoms with Crippen LogP contribution in [0.4, 0.5) is 6.01 Å². The Bertz CT molecular complexity index is 516. The van der Waals surface area contributed by atoms with Crippen LogP contribution in [0.1, 0.15) is 24.4 Å². The number of hydrogen-bond donors (Lipinski definition) is 1.